The van der Waals surface area contributed by atoms with Gasteiger partial charge in [0.15, 0.2) is 0 Å². The number of carbonyl (C=O) groups excluding carboxylic acids is 1. The first-order chi connectivity index (χ1) is 18.1. The molecule has 1 saturated heterocycles. The van der Waals surface area contributed by atoms with Crippen molar-refractivity contribution in [3.8, 4) is 0 Å². The van der Waals surface area contributed by atoms with E-state index in [0.717, 1.165) is 16.7 Å². The van der Waals surface area contributed by atoms with Crippen molar-refractivity contribution in [3.63, 3.8) is 0 Å². The molecule has 4 rings (SSSR count). The Balaban J connectivity index is 1.52. The summed E-state index contributed by atoms with van der Waals surface area (Å²) in [5.74, 6) is 0. The van der Waals surface area contributed by atoms with Gasteiger partial charge in [0.2, 0.25) is 0 Å². The van der Waals surface area contributed by atoms with Crippen molar-refractivity contribution in [2.24, 2.45) is 0 Å². The minimum absolute atomic E-state index is 0.0140. The highest BCUT2D eigenvalue weighted by Crippen LogP contribution is 2.29. The Morgan fingerprint density at radius 3 is 1.76 bits per heavy atom. The maximum absolute atomic E-state index is 13.3. The van der Waals surface area contributed by atoms with Gasteiger partial charge < -0.3 is 29.5 Å². The summed E-state index contributed by atoms with van der Waals surface area (Å²) in [6.07, 6.45) is -4.53. The maximum atomic E-state index is 13.3. The number of likely N-dealkylation sites (tertiary alicyclic amines) is 1. The van der Waals surface area contributed by atoms with Crippen LogP contribution in [0.25, 0.3) is 0 Å². The Morgan fingerprint density at radius 2 is 1.22 bits per heavy atom. The average Bonchev–Trinajstić information content (AvgIpc) is 2.95. The van der Waals surface area contributed by atoms with Gasteiger partial charge in [-0.1, -0.05) is 91.0 Å². The lowest BCUT2D eigenvalue weighted by molar-refractivity contribution is -0.193. The molecule has 1 heterocycles. The van der Waals surface area contributed by atoms with Crippen molar-refractivity contribution in [2.75, 3.05) is 13.2 Å². The van der Waals surface area contributed by atoms with Crippen molar-refractivity contribution >= 4 is 6.09 Å². The molecule has 0 radical (unpaired) electrons. The third-order valence-corrected chi connectivity index (χ3v) is 6.46. The van der Waals surface area contributed by atoms with E-state index in [-0.39, 0.29) is 26.4 Å². The average molecular weight is 508 g/mol. The quantitative estimate of drug-likeness (QED) is 0.387. The Hall–Kier alpha value is -3.27. The number of rotatable bonds is 10. The summed E-state index contributed by atoms with van der Waals surface area (Å²) in [6, 6.07) is 26.1. The molecule has 196 valence electrons. The Kier molecular flexibility index (Phi) is 9.65. The number of nitrogens with zero attached hydrogens (tertiary/aromatic N) is 1. The summed E-state index contributed by atoms with van der Waals surface area (Å²) in [7, 11) is 0. The lowest BCUT2D eigenvalue weighted by Gasteiger charge is -2.49. The van der Waals surface area contributed by atoms with Crippen LogP contribution in [0.1, 0.15) is 16.7 Å². The molecule has 1 aliphatic heterocycles. The topological polar surface area (TPSA) is 109 Å². The number of amides is 1. The van der Waals surface area contributed by atoms with Crippen LogP contribution in [-0.2, 0) is 34.0 Å². The number of aliphatic hydroxyl groups is 3. The molecule has 8 nitrogen and oxygen atoms in total. The van der Waals surface area contributed by atoms with Crippen molar-refractivity contribution < 1.29 is 34.3 Å². The SMILES string of the molecule is O=C(OCc1ccccc1)N1[C@H](COCc2ccccc2)[C@@H](O)[C@@H](O)[C@H](OCc2ccccc2)[C@H]1CO. The highest BCUT2D eigenvalue weighted by atomic mass is 16.6. The first kappa shape index (κ1) is 26.8. The molecule has 8 heteroatoms. The normalized spacial score (nSPS) is 23.5. The summed E-state index contributed by atoms with van der Waals surface area (Å²) in [5, 5.41) is 32.4. The summed E-state index contributed by atoms with van der Waals surface area (Å²) >= 11 is 0. The summed E-state index contributed by atoms with van der Waals surface area (Å²) < 4.78 is 17.4. The molecule has 3 aromatic rings. The van der Waals surface area contributed by atoms with E-state index in [1.807, 2.05) is 91.0 Å². The van der Waals surface area contributed by atoms with E-state index in [9.17, 15) is 20.1 Å². The molecule has 1 aliphatic rings. The Bertz CT molecular complexity index is 1080. The predicted octanol–water partition coefficient (Wildman–Crippen LogP) is 2.89. The smallest absolute Gasteiger partial charge is 0.410 e. The molecule has 0 aliphatic carbocycles. The zero-order valence-electron chi connectivity index (χ0n) is 20.5. The molecule has 0 bridgehead atoms. The zero-order valence-corrected chi connectivity index (χ0v) is 20.5. The molecule has 0 saturated carbocycles. The second-order valence-corrected chi connectivity index (χ2v) is 9.01. The van der Waals surface area contributed by atoms with Crippen LogP contribution in [0, 0.1) is 0 Å². The molecule has 0 unspecified atom stereocenters. The molecule has 0 spiro atoms. The largest absolute Gasteiger partial charge is 0.445 e. The number of carbonyl (C=O) groups is 1. The van der Waals surface area contributed by atoms with E-state index in [0.29, 0.717) is 0 Å². The van der Waals surface area contributed by atoms with Gasteiger partial charge in [-0.2, -0.15) is 0 Å². The van der Waals surface area contributed by atoms with Crippen molar-refractivity contribution in [2.45, 2.75) is 50.2 Å². The molecule has 3 aromatic carbocycles. The van der Waals surface area contributed by atoms with E-state index < -0.39 is 43.1 Å². The molecule has 1 amide bonds. The third kappa shape index (κ3) is 6.94. The highest BCUT2D eigenvalue weighted by molar-refractivity contribution is 5.69. The maximum Gasteiger partial charge on any atom is 0.410 e. The van der Waals surface area contributed by atoms with Crippen molar-refractivity contribution in [1.82, 2.24) is 4.90 Å². The zero-order chi connectivity index (χ0) is 26.0. The van der Waals surface area contributed by atoms with Crippen LogP contribution in [0.4, 0.5) is 4.79 Å². The molecule has 37 heavy (non-hydrogen) atoms. The van der Waals surface area contributed by atoms with Gasteiger partial charge in [-0.3, -0.25) is 4.90 Å². The molecular formula is C29H33NO7. The Labute approximate surface area is 216 Å². The first-order valence-electron chi connectivity index (χ1n) is 12.3. The molecule has 3 N–H and O–H groups in total. The number of piperidine rings is 1. The monoisotopic (exact) mass is 507 g/mol. The minimum Gasteiger partial charge on any atom is -0.445 e. The number of ether oxygens (including phenoxy) is 3. The summed E-state index contributed by atoms with van der Waals surface area (Å²) in [5.41, 5.74) is 2.57. The first-order valence-corrected chi connectivity index (χ1v) is 12.3. The molecule has 0 aromatic heterocycles. The van der Waals surface area contributed by atoms with Gasteiger partial charge in [-0.15, -0.1) is 0 Å². The number of aliphatic hydroxyl groups excluding tert-OH is 3. The van der Waals surface area contributed by atoms with Crippen LogP contribution in [0.15, 0.2) is 91.0 Å². The van der Waals surface area contributed by atoms with E-state index in [1.165, 1.54) is 4.90 Å². The van der Waals surface area contributed by atoms with E-state index in [4.69, 9.17) is 14.2 Å². The van der Waals surface area contributed by atoms with Crippen LogP contribution < -0.4 is 0 Å². The van der Waals surface area contributed by atoms with Crippen molar-refractivity contribution in [1.29, 1.82) is 0 Å². The molecule has 1 fully saturated rings. The minimum atomic E-state index is -1.39. The van der Waals surface area contributed by atoms with Crippen LogP contribution in [0.5, 0.6) is 0 Å². The van der Waals surface area contributed by atoms with Crippen LogP contribution in [0.2, 0.25) is 0 Å². The third-order valence-electron chi connectivity index (χ3n) is 6.46. The highest BCUT2D eigenvalue weighted by Gasteiger charge is 2.51. The number of benzene rings is 3. The lowest BCUT2D eigenvalue weighted by atomic mass is 9.88. The van der Waals surface area contributed by atoms with Gasteiger partial charge in [-0.25, -0.2) is 4.79 Å². The van der Waals surface area contributed by atoms with Gasteiger partial charge in [0.1, 0.15) is 24.9 Å². The predicted molar refractivity (Wildman–Crippen MR) is 136 cm³/mol. The van der Waals surface area contributed by atoms with E-state index >= 15 is 0 Å². The van der Waals surface area contributed by atoms with Gasteiger partial charge in [0.05, 0.1) is 38.5 Å². The van der Waals surface area contributed by atoms with Gasteiger partial charge in [0.25, 0.3) is 0 Å². The van der Waals surface area contributed by atoms with E-state index in [2.05, 4.69) is 0 Å². The van der Waals surface area contributed by atoms with Crippen LogP contribution in [-0.4, -0.2) is 69.9 Å². The fourth-order valence-corrected chi connectivity index (χ4v) is 4.50. The second-order valence-electron chi connectivity index (χ2n) is 9.01. The summed E-state index contributed by atoms with van der Waals surface area (Å²) in [4.78, 5) is 14.6. The standard InChI is InChI=1S/C29H33NO7/c31-16-24-28(36-18-22-12-6-2-7-13-22)27(33)26(32)25(20-35-17-21-10-4-1-5-11-21)30(24)29(34)37-19-23-14-8-3-9-15-23/h1-15,24-28,31-33H,16-20H2/t24-,25-,26-,27-,28-/m1/s1. The number of hydrogen-bond acceptors (Lipinski definition) is 7. The second kappa shape index (κ2) is 13.3. The van der Waals surface area contributed by atoms with Crippen molar-refractivity contribution in [3.05, 3.63) is 108 Å². The lowest BCUT2D eigenvalue weighted by Crippen LogP contribution is -2.70. The Morgan fingerprint density at radius 1 is 0.703 bits per heavy atom. The number of hydrogen-bond donors (Lipinski definition) is 3. The fraction of sp³-hybridized carbons (Fsp3) is 0.345. The van der Waals surface area contributed by atoms with Gasteiger partial charge in [-0.05, 0) is 16.7 Å². The van der Waals surface area contributed by atoms with Crippen LogP contribution >= 0.6 is 0 Å². The van der Waals surface area contributed by atoms with E-state index in [1.54, 1.807) is 0 Å². The summed E-state index contributed by atoms with van der Waals surface area (Å²) in [6.45, 7) is -0.174. The fourth-order valence-electron chi connectivity index (χ4n) is 4.50. The van der Waals surface area contributed by atoms with Crippen LogP contribution in [0.3, 0.4) is 0 Å². The molecule has 5 atom stereocenters. The van der Waals surface area contributed by atoms with Gasteiger partial charge >= 0.3 is 6.09 Å². The van der Waals surface area contributed by atoms with Gasteiger partial charge in [0, 0.05) is 0 Å². The molecular weight excluding hydrogens is 474 g/mol.